The molecule has 0 amide bonds. The van der Waals surface area contributed by atoms with Crippen molar-refractivity contribution in [2.24, 2.45) is 0 Å². The summed E-state index contributed by atoms with van der Waals surface area (Å²) in [5, 5.41) is 10.4. The van der Waals surface area contributed by atoms with Crippen LogP contribution in [0.1, 0.15) is 5.56 Å². The van der Waals surface area contributed by atoms with Crippen LogP contribution in [0.15, 0.2) is 12.1 Å². The maximum absolute atomic E-state index is 10.7. The summed E-state index contributed by atoms with van der Waals surface area (Å²) in [5.74, 6) is 0. The van der Waals surface area contributed by atoms with E-state index in [1.54, 1.807) is 0 Å². The van der Waals surface area contributed by atoms with Gasteiger partial charge in [-0.2, -0.15) is 0 Å². The lowest BCUT2D eigenvalue weighted by Gasteiger charge is -2.02. The summed E-state index contributed by atoms with van der Waals surface area (Å²) >= 11 is 14.9. The number of nitro benzene ring substituents is 1. The van der Waals surface area contributed by atoms with E-state index < -0.39 is 10.0 Å². The third-order valence-electron chi connectivity index (χ3n) is 1.66. The van der Waals surface area contributed by atoms with Gasteiger partial charge in [0, 0.05) is 18.1 Å². The maximum Gasteiger partial charge on any atom is 0.274 e. The van der Waals surface area contributed by atoms with Crippen molar-refractivity contribution >= 4 is 46.6 Å². The minimum atomic E-state index is -0.617. The summed E-state index contributed by atoms with van der Waals surface area (Å²) in [6, 6.07) is 2.42. The number of nitro groups is 1. The minimum Gasteiger partial charge on any atom is -0.287 e. The summed E-state index contributed by atoms with van der Waals surface area (Å²) < 4.78 is 0. The molecule has 0 atom stereocenters. The number of carbonyl (C=O) groups is 1. The molecule has 0 saturated carbocycles. The van der Waals surface area contributed by atoms with Gasteiger partial charge in [0.1, 0.15) is 0 Å². The Balaban J connectivity index is 3.28. The predicted octanol–water partition coefficient (Wildman–Crippen LogP) is 2.90. The molecule has 0 heterocycles. The fourth-order valence-electron chi connectivity index (χ4n) is 1.05. The van der Waals surface area contributed by atoms with Crippen molar-refractivity contribution in [3.8, 4) is 0 Å². The molecule has 0 bridgehead atoms. The second-order valence-electron chi connectivity index (χ2n) is 2.72. The highest BCUT2D eigenvalue weighted by Crippen LogP contribution is 2.30. The second-order valence-corrected chi connectivity index (χ2v) is 4.04. The van der Waals surface area contributed by atoms with Gasteiger partial charge in [0.05, 0.1) is 15.0 Å². The molecule has 15 heavy (non-hydrogen) atoms. The van der Waals surface area contributed by atoms with Crippen LogP contribution >= 0.6 is 35.8 Å². The summed E-state index contributed by atoms with van der Waals surface area (Å²) in [6.07, 6.45) is -0.156. The smallest absolute Gasteiger partial charge is 0.274 e. The zero-order chi connectivity index (χ0) is 11.6. The number of nitrogens with zero attached hydrogens (tertiary/aromatic N) is 1. The van der Waals surface area contributed by atoms with Crippen LogP contribution in [0.5, 0.6) is 0 Å². The van der Waals surface area contributed by atoms with Crippen molar-refractivity contribution in [3.05, 3.63) is 37.9 Å². The molecule has 7 heteroatoms. The highest BCUT2D eigenvalue weighted by atomic mass is 35.5. The molecule has 0 unspecified atom stereocenters. The first-order chi connectivity index (χ1) is 6.91. The van der Waals surface area contributed by atoms with Gasteiger partial charge in [-0.3, -0.25) is 14.9 Å². The summed E-state index contributed by atoms with van der Waals surface area (Å²) in [6.45, 7) is 0. The molecule has 0 N–H and O–H groups in total. The zero-order valence-electron chi connectivity index (χ0n) is 7.24. The van der Waals surface area contributed by atoms with E-state index in [2.05, 4.69) is 12.6 Å². The van der Waals surface area contributed by atoms with Crippen LogP contribution in [-0.4, -0.2) is 10.0 Å². The number of hydrogen-bond donors (Lipinski definition) is 1. The van der Waals surface area contributed by atoms with E-state index in [0.717, 1.165) is 6.07 Å². The number of benzene rings is 1. The van der Waals surface area contributed by atoms with Gasteiger partial charge in [0.15, 0.2) is 5.12 Å². The van der Waals surface area contributed by atoms with E-state index in [1.807, 2.05) is 0 Å². The van der Waals surface area contributed by atoms with Gasteiger partial charge in [0.25, 0.3) is 5.69 Å². The standard InChI is InChI=1S/C8H5Cl2NO3S/c9-5-1-4(2-8(12)15)7(11(13)14)3-6(5)10/h1,3H,2H2,(H,12,15). The van der Waals surface area contributed by atoms with E-state index in [1.165, 1.54) is 6.07 Å². The molecule has 4 nitrogen and oxygen atoms in total. The number of rotatable bonds is 3. The molecule has 1 aromatic rings. The summed E-state index contributed by atoms with van der Waals surface area (Å²) in [5.41, 5.74) is -0.0267. The highest BCUT2D eigenvalue weighted by molar-refractivity contribution is 7.96. The summed E-state index contributed by atoms with van der Waals surface area (Å²) in [4.78, 5) is 20.8. The van der Waals surface area contributed by atoms with E-state index in [0.29, 0.717) is 0 Å². The lowest BCUT2D eigenvalue weighted by molar-refractivity contribution is -0.385. The lowest BCUT2D eigenvalue weighted by Crippen LogP contribution is -2.00. The molecule has 0 spiro atoms. The van der Waals surface area contributed by atoms with Crippen molar-refractivity contribution in [3.63, 3.8) is 0 Å². The van der Waals surface area contributed by atoms with Gasteiger partial charge in [-0.15, -0.1) is 12.6 Å². The molecule has 0 aliphatic heterocycles. The predicted molar refractivity (Wildman–Crippen MR) is 60.8 cm³/mol. The molecule has 1 aromatic carbocycles. The molecule has 0 aromatic heterocycles. The average Bonchev–Trinajstić information content (AvgIpc) is 2.09. The molecule has 80 valence electrons. The van der Waals surface area contributed by atoms with Crippen LogP contribution in [0.4, 0.5) is 5.69 Å². The first-order valence-corrected chi connectivity index (χ1v) is 4.96. The lowest BCUT2D eigenvalue weighted by atomic mass is 10.1. The summed E-state index contributed by atoms with van der Waals surface area (Å²) in [7, 11) is 0. The van der Waals surface area contributed by atoms with Gasteiger partial charge in [-0.25, -0.2) is 0 Å². The zero-order valence-corrected chi connectivity index (χ0v) is 9.64. The first-order valence-electron chi connectivity index (χ1n) is 3.76. The molecular weight excluding hydrogens is 261 g/mol. The van der Waals surface area contributed by atoms with Gasteiger partial charge in [0.2, 0.25) is 0 Å². The highest BCUT2D eigenvalue weighted by Gasteiger charge is 2.18. The van der Waals surface area contributed by atoms with Gasteiger partial charge < -0.3 is 0 Å². The fraction of sp³-hybridized carbons (Fsp3) is 0.125. The van der Waals surface area contributed by atoms with Crippen LogP contribution in [0.2, 0.25) is 10.0 Å². The van der Waals surface area contributed by atoms with Crippen molar-refractivity contribution in [1.82, 2.24) is 0 Å². The fourth-order valence-corrected chi connectivity index (χ4v) is 1.57. The van der Waals surface area contributed by atoms with Crippen molar-refractivity contribution < 1.29 is 9.72 Å². The number of carbonyl (C=O) groups excluding carboxylic acids is 1. The Labute approximate surface area is 101 Å². The quantitative estimate of drug-likeness (QED) is 0.519. The van der Waals surface area contributed by atoms with E-state index in [9.17, 15) is 14.9 Å². The molecule has 0 aliphatic carbocycles. The van der Waals surface area contributed by atoms with Gasteiger partial charge in [-0.1, -0.05) is 23.2 Å². The maximum atomic E-state index is 10.7. The number of halogens is 2. The van der Waals surface area contributed by atoms with E-state index in [4.69, 9.17) is 23.2 Å². The second kappa shape index (κ2) is 4.83. The van der Waals surface area contributed by atoms with Gasteiger partial charge in [-0.05, 0) is 6.07 Å². The Kier molecular flexibility index (Phi) is 3.96. The average molecular weight is 266 g/mol. The Morgan fingerprint density at radius 2 is 1.93 bits per heavy atom. The number of hydrogen-bond acceptors (Lipinski definition) is 3. The molecule has 0 saturated heterocycles. The van der Waals surface area contributed by atoms with Crippen LogP contribution < -0.4 is 0 Å². The SMILES string of the molecule is O=C(S)Cc1cc(Cl)c(Cl)cc1[N+](=O)[O-]. The third-order valence-corrected chi connectivity index (χ3v) is 2.54. The van der Waals surface area contributed by atoms with Crippen LogP contribution in [0, 0.1) is 10.1 Å². The van der Waals surface area contributed by atoms with E-state index >= 15 is 0 Å². The minimum absolute atomic E-state index is 0.0822. The third kappa shape index (κ3) is 3.09. The van der Waals surface area contributed by atoms with Crippen LogP contribution in [0.25, 0.3) is 0 Å². The Morgan fingerprint density at radius 1 is 1.40 bits per heavy atom. The van der Waals surface area contributed by atoms with Crippen LogP contribution in [-0.2, 0) is 11.2 Å². The van der Waals surface area contributed by atoms with Gasteiger partial charge >= 0.3 is 0 Å². The van der Waals surface area contributed by atoms with Crippen LogP contribution in [0.3, 0.4) is 0 Å². The molecular formula is C8H5Cl2NO3S. The Hall–Kier alpha value is -0.780. The molecule has 1 rings (SSSR count). The Bertz CT molecular complexity index is 436. The normalized spacial score (nSPS) is 10.1. The van der Waals surface area contributed by atoms with Crippen molar-refractivity contribution in [2.75, 3.05) is 0 Å². The largest absolute Gasteiger partial charge is 0.287 e. The topological polar surface area (TPSA) is 60.2 Å². The molecule has 0 aliphatic rings. The molecule has 0 fully saturated rings. The van der Waals surface area contributed by atoms with Crippen molar-refractivity contribution in [1.29, 1.82) is 0 Å². The molecule has 0 radical (unpaired) electrons. The number of thiol groups is 1. The first kappa shape index (κ1) is 12.3. The van der Waals surface area contributed by atoms with Crippen molar-refractivity contribution in [2.45, 2.75) is 6.42 Å². The Morgan fingerprint density at radius 3 is 2.40 bits per heavy atom. The van der Waals surface area contributed by atoms with E-state index in [-0.39, 0.29) is 27.7 Å². The monoisotopic (exact) mass is 265 g/mol.